The fourth-order valence-corrected chi connectivity index (χ4v) is 1.56. The van der Waals surface area contributed by atoms with Crippen molar-refractivity contribution < 1.29 is 0 Å². The summed E-state index contributed by atoms with van der Waals surface area (Å²) in [5.74, 6) is 0. The van der Waals surface area contributed by atoms with Gasteiger partial charge in [-0.1, -0.05) is 6.42 Å². The average molecular weight is 151 g/mol. The molecule has 0 heterocycles. The van der Waals surface area contributed by atoms with Crippen LogP contribution < -0.4 is 0 Å². The van der Waals surface area contributed by atoms with E-state index in [4.69, 9.17) is 5.26 Å². The van der Waals surface area contributed by atoms with Gasteiger partial charge in [0.15, 0.2) is 5.54 Å². The number of azo groups is 1. The molecule has 0 aromatic carbocycles. The summed E-state index contributed by atoms with van der Waals surface area (Å²) in [6.45, 7) is 0. The highest BCUT2D eigenvalue weighted by Crippen LogP contribution is 2.30. The van der Waals surface area contributed by atoms with E-state index in [2.05, 4.69) is 16.3 Å². The molecule has 0 saturated heterocycles. The predicted octanol–water partition coefficient (Wildman–Crippen LogP) is 2.29. The van der Waals surface area contributed by atoms with Crippen LogP contribution in [0.3, 0.4) is 0 Å². The van der Waals surface area contributed by atoms with Crippen LogP contribution in [0.15, 0.2) is 10.2 Å². The summed E-state index contributed by atoms with van der Waals surface area (Å²) in [5.41, 5.74) is -0.465. The summed E-state index contributed by atoms with van der Waals surface area (Å²) in [5, 5.41) is 16.6. The van der Waals surface area contributed by atoms with Gasteiger partial charge in [-0.15, -0.1) is 0 Å². The number of nitrogens with zero attached hydrogens (tertiary/aromatic N) is 3. The van der Waals surface area contributed by atoms with E-state index >= 15 is 0 Å². The van der Waals surface area contributed by atoms with Gasteiger partial charge in [-0.2, -0.15) is 15.5 Å². The third-order valence-corrected chi connectivity index (χ3v) is 2.18. The Morgan fingerprint density at radius 3 is 2.36 bits per heavy atom. The first kappa shape index (κ1) is 8.19. The van der Waals surface area contributed by atoms with Crippen LogP contribution in [0.2, 0.25) is 0 Å². The van der Waals surface area contributed by atoms with E-state index in [0.29, 0.717) is 0 Å². The highest BCUT2D eigenvalue weighted by Gasteiger charge is 2.31. The van der Waals surface area contributed by atoms with Gasteiger partial charge in [0.2, 0.25) is 0 Å². The van der Waals surface area contributed by atoms with Crippen LogP contribution in [-0.2, 0) is 0 Å². The molecule has 0 aromatic heterocycles. The Balaban J connectivity index is 2.66. The zero-order valence-corrected chi connectivity index (χ0v) is 6.88. The van der Waals surface area contributed by atoms with Gasteiger partial charge in [-0.3, -0.25) is 0 Å². The number of rotatable bonds is 1. The van der Waals surface area contributed by atoms with E-state index in [-0.39, 0.29) is 0 Å². The van der Waals surface area contributed by atoms with Crippen molar-refractivity contribution in [3.63, 3.8) is 0 Å². The number of hydrogen-bond acceptors (Lipinski definition) is 3. The summed E-state index contributed by atoms with van der Waals surface area (Å²) < 4.78 is 0. The van der Waals surface area contributed by atoms with E-state index in [1.54, 1.807) is 7.05 Å². The molecule has 1 aliphatic carbocycles. The van der Waals surface area contributed by atoms with Crippen molar-refractivity contribution in [3.05, 3.63) is 0 Å². The van der Waals surface area contributed by atoms with Crippen LogP contribution in [0.5, 0.6) is 0 Å². The summed E-state index contributed by atoms with van der Waals surface area (Å²) in [4.78, 5) is 0. The first-order valence-electron chi connectivity index (χ1n) is 4.05. The lowest BCUT2D eigenvalue weighted by molar-refractivity contribution is 0.356. The van der Waals surface area contributed by atoms with Gasteiger partial charge >= 0.3 is 0 Å². The van der Waals surface area contributed by atoms with Crippen molar-refractivity contribution in [3.8, 4) is 6.07 Å². The van der Waals surface area contributed by atoms with Gasteiger partial charge < -0.3 is 0 Å². The molecular weight excluding hydrogens is 138 g/mol. The minimum Gasteiger partial charge on any atom is -0.196 e. The molecule has 0 aliphatic heterocycles. The number of nitriles is 1. The Labute approximate surface area is 67.1 Å². The van der Waals surface area contributed by atoms with Crippen LogP contribution in [-0.4, -0.2) is 12.6 Å². The maximum Gasteiger partial charge on any atom is 0.167 e. The van der Waals surface area contributed by atoms with Crippen LogP contribution in [0.1, 0.15) is 32.1 Å². The second-order valence-electron chi connectivity index (χ2n) is 3.00. The lowest BCUT2D eigenvalue weighted by Gasteiger charge is -2.24. The lowest BCUT2D eigenvalue weighted by atomic mass is 9.84. The van der Waals surface area contributed by atoms with Gasteiger partial charge in [0, 0.05) is 7.05 Å². The van der Waals surface area contributed by atoms with Gasteiger partial charge in [0.25, 0.3) is 0 Å². The summed E-state index contributed by atoms with van der Waals surface area (Å²) in [7, 11) is 1.63. The molecule has 1 saturated carbocycles. The van der Waals surface area contributed by atoms with Gasteiger partial charge in [-0.25, -0.2) is 0 Å². The summed E-state index contributed by atoms with van der Waals surface area (Å²) in [6.07, 6.45) is 5.25. The highest BCUT2D eigenvalue weighted by atomic mass is 15.1. The lowest BCUT2D eigenvalue weighted by Crippen LogP contribution is -2.26. The topological polar surface area (TPSA) is 48.5 Å². The Morgan fingerprint density at radius 1 is 1.27 bits per heavy atom. The van der Waals surface area contributed by atoms with Crippen LogP contribution >= 0.6 is 0 Å². The first-order chi connectivity index (χ1) is 5.33. The fraction of sp³-hybridized carbons (Fsp3) is 0.875. The van der Waals surface area contributed by atoms with Crippen molar-refractivity contribution in [2.45, 2.75) is 37.6 Å². The molecule has 0 amide bonds. The fourth-order valence-electron chi connectivity index (χ4n) is 1.56. The SMILES string of the molecule is C/N=N/C1(C#N)CCCCC1. The molecule has 60 valence electrons. The van der Waals surface area contributed by atoms with Crippen molar-refractivity contribution in [2.24, 2.45) is 10.2 Å². The quantitative estimate of drug-likeness (QED) is 0.530. The molecule has 0 atom stereocenters. The van der Waals surface area contributed by atoms with Gasteiger partial charge in [0.05, 0.1) is 6.07 Å². The van der Waals surface area contributed by atoms with Crippen molar-refractivity contribution >= 4 is 0 Å². The van der Waals surface area contributed by atoms with Crippen LogP contribution in [0.4, 0.5) is 0 Å². The Kier molecular flexibility index (Phi) is 2.58. The van der Waals surface area contributed by atoms with E-state index in [1.165, 1.54) is 6.42 Å². The minimum atomic E-state index is -0.465. The van der Waals surface area contributed by atoms with Crippen LogP contribution in [0, 0.1) is 11.3 Å². The number of hydrogen-bond donors (Lipinski definition) is 0. The monoisotopic (exact) mass is 151 g/mol. The maximum atomic E-state index is 8.87. The molecule has 3 heteroatoms. The maximum absolute atomic E-state index is 8.87. The molecule has 0 radical (unpaired) electrons. The third kappa shape index (κ3) is 1.76. The van der Waals surface area contributed by atoms with Crippen molar-refractivity contribution in [1.29, 1.82) is 5.26 Å². The van der Waals surface area contributed by atoms with Crippen molar-refractivity contribution in [2.75, 3.05) is 7.05 Å². The molecule has 0 spiro atoms. The van der Waals surface area contributed by atoms with E-state index in [9.17, 15) is 0 Å². The minimum absolute atomic E-state index is 0.465. The second kappa shape index (κ2) is 3.47. The molecule has 3 nitrogen and oxygen atoms in total. The normalized spacial score (nSPS) is 23.3. The van der Waals surface area contributed by atoms with E-state index in [0.717, 1.165) is 25.7 Å². The first-order valence-corrected chi connectivity index (χ1v) is 4.05. The average Bonchev–Trinajstić information content (AvgIpc) is 2.07. The van der Waals surface area contributed by atoms with Crippen LogP contribution in [0.25, 0.3) is 0 Å². The molecule has 1 fully saturated rings. The zero-order chi connectivity index (χ0) is 8.16. The molecule has 0 N–H and O–H groups in total. The Bertz CT molecular complexity index is 184. The van der Waals surface area contributed by atoms with Gasteiger partial charge in [-0.05, 0) is 25.7 Å². The molecular formula is C8H13N3. The Morgan fingerprint density at radius 2 is 1.91 bits per heavy atom. The molecule has 0 bridgehead atoms. The highest BCUT2D eigenvalue weighted by molar-refractivity contribution is 5.07. The third-order valence-electron chi connectivity index (χ3n) is 2.18. The second-order valence-corrected chi connectivity index (χ2v) is 3.00. The van der Waals surface area contributed by atoms with E-state index < -0.39 is 5.54 Å². The molecule has 0 aromatic rings. The Hall–Kier alpha value is -0.910. The van der Waals surface area contributed by atoms with E-state index in [1.807, 2.05) is 0 Å². The van der Waals surface area contributed by atoms with Gasteiger partial charge in [0.1, 0.15) is 0 Å². The molecule has 1 aliphatic rings. The zero-order valence-electron chi connectivity index (χ0n) is 6.88. The molecule has 11 heavy (non-hydrogen) atoms. The molecule has 0 unspecified atom stereocenters. The van der Waals surface area contributed by atoms with Crippen molar-refractivity contribution in [1.82, 2.24) is 0 Å². The summed E-state index contributed by atoms with van der Waals surface area (Å²) >= 11 is 0. The smallest absolute Gasteiger partial charge is 0.167 e. The largest absolute Gasteiger partial charge is 0.196 e. The predicted molar refractivity (Wildman–Crippen MR) is 42.2 cm³/mol. The standard InChI is InChI=1S/C8H13N3/c1-10-11-8(7-9)5-3-2-4-6-8/h2-6H2,1H3/b11-10+. The summed E-state index contributed by atoms with van der Waals surface area (Å²) in [6, 6.07) is 2.26. The molecule has 1 rings (SSSR count).